The van der Waals surface area contributed by atoms with Crippen LogP contribution in [0.2, 0.25) is 0 Å². The average molecular weight is 380 g/mol. The van der Waals surface area contributed by atoms with Crippen molar-refractivity contribution in [1.82, 2.24) is 9.97 Å². The molecule has 0 aliphatic rings. The molecule has 0 saturated carbocycles. The van der Waals surface area contributed by atoms with Gasteiger partial charge >= 0.3 is 5.97 Å². The van der Waals surface area contributed by atoms with Gasteiger partial charge in [0.25, 0.3) is 0 Å². The first-order chi connectivity index (χ1) is 12.9. The zero-order chi connectivity index (χ0) is 19.4. The van der Waals surface area contributed by atoms with Gasteiger partial charge in [-0.1, -0.05) is 36.0 Å². The molecule has 0 aliphatic carbocycles. The number of ether oxygens (including phenoxy) is 1. The molecule has 0 fully saturated rings. The Morgan fingerprint density at radius 3 is 2.56 bits per heavy atom. The first kappa shape index (κ1) is 19.0. The van der Waals surface area contributed by atoms with Crippen molar-refractivity contribution in [2.45, 2.75) is 31.9 Å². The molecule has 2 aromatic carbocycles. The van der Waals surface area contributed by atoms with Crippen LogP contribution in [0.4, 0.5) is 0 Å². The van der Waals surface area contributed by atoms with E-state index in [9.17, 15) is 9.59 Å². The number of aryl methyl sites for hydroxylation is 2. The van der Waals surface area contributed by atoms with Crippen LogP contribution in [-0.4, -0.2) is 33.6 Å². The molecular formula is C21H20N2O3S. The predicted molar refractivity (Wildman–Crippen MR) is 106 cm³/mol. The molecule has 0 saturated heterocycles. The highest BCUT2D eigenvalue weighted by Gasteiger charge is 2.20. The Balaban J connectivity index is 1.57. The van der Waals surface area contributed by atoms with E-state index in [2.05, 4.69) is 9.97 Å². The van der Waals surface area contributed by atoms with Crippen molar-refractivity contribution in [3.8, 4) is 0 Å². The highest BCUT2D eigenvalue weighted by Crippen LogP contribution is 2.19. The molecule has 0 radical (unpaired) electrons. The van der Waals surface area contributed by atoms with E-state index in [0.29, 0.717) is 10.6 Å². The van der Waals surface area contributed by atoms with E-state index < -0.39 is 12.1 Å². The lowest BCUT2D eigenvalue weighted by Gasteiger charge is -2.13. The van der Waals surface area contributed by atoms with Crippen LogP contribution in [-0.2, 0) is 9.53 Å². The van der Waals surface area contributed by atoms with Crippen LogP contribution in [0, 0.1) is 13.8 Å². The standard InChI is InChI=1S/C21H20N2O3S/c1-13-8-9-16(10-14(13)2)21(25)15(3)26-20(24)12-27-19-11-22-17-6-4-5-7-18(17)23-19/h4-11,15H,12H2,1-3H3. The number of thioether (sulfide) groups is 1. The molecule has 1 heterocycles. The lowest BCUT2D eigenvalue weighted by Crippen LogP contribution is -2.25. The van der Waals surface area contributed by atoms with Gasteiger partial charge in [-0.2, -0.15) is 0 Å². The third-order valence-corrected chi connectivity index (χ3v) is 5.11. The van der Waals surface area contributed by atoms with Crippen molar-refractivity contribution in [3.63, 3.8) is 0 Å². The number of Topliss-reactive ketones (excluding diaryl/α,β-unsaturated/α-hetero) is 1. The monoisotopic (exact) mass is 380 g/mol. The highest BCUT2D eigenvalue weighted by atomic mass is 32.2. The van der Waals surface area contributed by atoms with E-state index in [1.54, 1.807) is 19.2 Å². The molecule has 0 N–H and O–H groups in total. The number of aromatic nitrogens is 2. The summed E-state index contributed by atoms with van der Waals surface area (Å²) in [4.78, 5) is 33.3. The molecule has 6 heteroatoms. The van der Waals surface area contributed by atoms with Crippen molar-refractivity contribution in [2.24, 2.45) is 0 Å². The Hall–Kier alpha value is -2.73. The fraction of sp³-hybridized carbons (Fsp3) is 0.238. The minimum absolute atomic E-state index is 0.0670. The zero-order valence-electron chi connectivity index (χ0n) is 15.4. The number of carbonyl (C=O) groups excluding carboxylic acids is 2. The molecule has 0 spiro atoms. The van der Waals surface area contributed by atoms with Crippen molar-refractivity contribution in [2.75, 3.05) is 5.75 Å². The number of ketones is 1. The van der Waals surface area contributed by atoms with E-state index in [1.807, 2.05) is 50.2 Å². The molecule has 0 amide bonds. The van der Waals surface area contributed by atoms with Gasteiger partial charge in [0.1, 0.15) is 5.03 Å². The number of hydrogen-bond acceptors (Lipinski definition) is 6. The first-order valence-electron chi connectivity index (χ1n) is 8.59. The first-order valence-corrected chi connectivity index (χ1v) is 9.58. The van der Waals surface area contributed by atoms with E-state index in [1.165, 1.54) is 11.8 Å². The van der Waals surface area contributed by atoms with Crippen LogP contribution >= 0.6 is 11.8 Å². The average Bonchev–Trinajstić information content (AvgIpc) is 2.67. The second kappa shape index (κ2) is 8.31. The van der Waals surface area contributed by atoms with Crippen molar-refractivity contribution in [1.29, 1.82) is 0 Å². The Bertz CT molecular complexity index is 1000. The molecule has 3 rings (SSSR count). The molecule has 1 aromatic heterocycles. The number of fused-ring (bicyclic) bond motifs is 1. The summed E-state index contributed by atoms with van der Waals surface area (Å²) in [7, 11) is 0. The highest BCUT2D eigenvalue weighted by molar-refractivity contribution is 7.99. The molecule has 0 bridgehead atoms. The smallest absolute Gasteiger partial charge is 0.317 e. The molecule has 3 aromatic rings. The molecule has 1 unspecified atom stereocenters. The summed E-state index contributed by atoms with van der Waals surface area (Å²) in [6.07, 6.45) is 0.798. The summed E-state index contributed by atoms with van der Waals surface area (Å²) in [5.74, 6) is -0.598. The van der Waals surface area contributed by atoms with Crippen molar-refractivity contribution in [3.05, 3.63) is 65.4 Å². The van der Waals surface area contributed by atoms with Gasteiger partial charge in [0.2, 0.25) is 5.78 Å². The van der Waals surface area contributed by atoms with Crippen LogP contribution in [0.5, 0.6) is 0 Å². The predicted octanol–water partition coefficient (Wildman–Crippen LogP) is 4.15. The van der Waals surface area contributed by atoms with Crippen LogP contribution in [0.3, 0.4) is 0 Å². The lowest BCUT2D eigenvalue weighted by molar-refractivity contribution is -0.143. The van der Waals surface area contributed by atoms with E-state index >= 15 is 0 Å². The summed E-state index contributed by atoms with van der Waals surface area (Å²) in [6, 6.07) is 13.0. The van der Waals surface area contributed by atoms with Gasteiger partial charge in [-0.15, -0.1) is 0 Å². The number of benzene rings is 2. The summed E-state index contributed by atoms with van der Waals surface area (Å²) in [6.45, 7) is 5.53. The minimum Gasteiger partial charge on any atom is -0.454 e. The Labute approximate surface area is 162 Å². The van der Waals surface area contributed by atoms with Crippen LogP contribution in [0.15, 0.2) is 53.7 Å². The summed E-state index contributed by atoms with van der Waals surface area (Å²) < 4.78 is 5.29. The van der Waals surface area contributed by atoms with Gasteiger partial charge in [0, 0.05) is 5.56 Å². The van der Waals surface area contributed by atoms with E-state index in [4.69, 9.17) is 4.74 Å². The Kier molecular flexibility index (Phi) is 5.86. The molecule has 27 heavy (non-hydrogen) atoms. The Morgan fingerprint density at radius 2 is 1.81 bits per heavy atom. The van der Waals surface area contributed by atoms with E-state index in [0.717, 1.165) is 22.2 Å². The van der Waals surface area contributed by atoms with Gasteiger partial charge in [0.15, 0.2) is 6.10 Å². The summed E-state index contributed by atoms with van der Waals surface area (Å²) in [5.41, 5.74) is 4.27. The number of carbonyl (C=O) groups is 2. The van der Waals surface area contributed by atoms with Gasteiger partial charge in [-0.25, -0.2) is 4.98 Å². The molecule has 0 aliphatic heterocycles. The normalized spacial score (nSPS) is 12.0. The fourth-order valence-corrected chi connectivity index (χ4v) is 3.18. The fourth-order valence-electron chi connectivity index (χ4n) is 2.56. The Morgan fingerprint density at radius 1 is 1.07 bits per heavy atom. The quantitative estimate of drug-likeness (QED) is 0.363. The van der Waals surface area contributed by atoms with E-state index in [-0.39, 0.29) is 11.5 Å². The SMILES string of the molecule is Cc1ccc(C(=O)C(C)OC(=O)CSc2cnc3ccccc3n2)cc1C. The third kappa shape index (κ3) is 4.71. The van der Waals surface area contributed by atoms with Crippen LogP contribution in [0.25, 0.3) is 11.0 Å². The molecular weight excluding hydrogens is 360 g/mol. The molecule has 138 valence electrons. The summed E-state index contributed by atoms with van der Waals surface area (Å²) >= 11 is 1.24. The molecule has 5 nitrogen and oxygen atoms in total. The topological polar surface area (TPSA) is 69.2 Å². The molecule has 1 atom stereocenters. The number of hydrogen-bond donors (Lipinski definition) is 0. The van der Waals surface area contributed by atoms with Crippen LogP contribution < -0.4 is 0 Å². The minimum atomic E-state index is -0.831. The third-order valence-electron chi connectivity index (χ3n) is 4.23. The maximum atomic E-state index is 12.5. The largest absolute Gasteiger partial charge is 0.454 e. The van der Waals surface area contributed by atoms with Gasteiger partial charge < -0.3 is 4.74 Å². The second-order valence-electron chi connectivity index (χ2n) is 6.28. The van der Waals surface area contributed by atoms with Gasteiger partial charge in [-0.3, -0.25) is 14.6 Å². The van der Waals surface area contributed by atoms with Crippen LogP contribution in [0.1, 0.15) is 28.4 Å². The number of para-hydroxylation sites is 2. The maximum absolute atomic E-state index is 12.5. The summed E-state index contributed by atoms with van der Waals surface area (Å²) in [5, 5.41) is 0.638. The van der Waals surface area contributed by atoms with Gasteiger partial charge in [-0.05, 0) is 50.1 Å². The van der Waals surface area contributed by atoms with Crippen molar-refractivity contribution >= 4 is 34.5 Å². The number of esters is 1. The zero-order valence-corrected chi connectivity index (χ0v) is 16.2. The lowest BCUT2D eigenvalue weighted by atomic mass is 10.0. The number of nitrogens with zero attached hydrogens (tertiary/aromatic N) is 2. The van der Waals surface area contributed by atoms with Crippen molar-refractivity contribution < 1.29 is 14.3 Å². The second-order valence-corrected chi connectivity index (χ2v) is 7.28. The maximum Gasteiger partial charge on any atom is 0.317 e. The number of rotatable bonds is 6. The van der Waals surface area contributed by atoms with Gasteiger partial charge in [0.05, 0.1) is 23.0 Å².